The van der Waals surface area contributed by atoms with Crippen LogP contribution in [0.5, 0.6) is 0 Å². The van der Waals surface area contributed by atoms with E-state index in [0.717, 1.165) is 20.6 Å². The summed E-state index contributed by atoms with van der Waals surface area (Å²) in [6, 6.07) is 12.2. The molecule has 0 aliphatic rings. The molecule has 0 aliphatic carbocycles. The molecule has 32 heavy (non-hydrogen) atoms. The van der Waals surface area contributed by atoms with Gasteiger partial charge in [-0.15, -0.1) is 17.9 Å². The van der Waals surface area contributed by atoms with Crippen molar-refractivity contribution in [2.24, 2.45) is 0 Å². The van der Waals surface area contributed by atoms with Gasteiger partial charge in [0.05, 0.1) is 20.9 Å². The third kappa shape index (κ3) is 4.05. The number of benzene rings is 2. The Morgan fingerprint density at radius 2 is 2.09 bits per heavy atom. The molecule has 0 spiro atoms. The summed E-state index contributed by atoms with van der Waals surface area (Å²) in [6.07, 6.45) is 1.41. The predicted octanol–water partition coefficient (Wildman–Crippen LogP) is 6.03. The van der Waals surface area contributed by atoms with Crippen LogP contribution in [0.25, 0.3) is 21.1 Å². The Bertz CT molecular complexity index is 1440. The molecule has 0 aliphatic heterocycles. The van der Waals surface area contributed by atoms with Crippen molar-refractivity contribution in [1.82, 2.24) is 9.97 Å². The number of carbonyl (C=O) groups excluding carboxylic acids is 1. The lowest BCUT2D eigenvalue weighted by molar-refractivity contribution is -0.145. The van der Waals surface area contributed by atoms with E-state index < -0.39 is 26.5 Å². The maximum Gasteiger partial charge on any atom is 0.307 e. The monoisotopic (exact) mass is 488 g/mol. The number of H-pyrrole nitrogens is 1. The van der Waals surface area contributed by atoms with E-state index >= 15 is 0 Å². The molecule has 9 heteroatoms. The number of fused-ring (bicyclic) bond motifs is 2. The zero-order valence-electron chi connectivity index (χ0n) is 17.5. The maximum atomic E-state index is 13.9. The Morgan fingerprint density at radius 3 is 2.81 bits per heavy atom. The summed E-state index contributed by atoms with van der Waals surface area (Å²) in [5, 5.41) is 0.963. The lowest BCUT2D eigenvalue weighted by Gasteiger charge is -2.22. The van der Waals surface area contributed by atoms with Gasteiger partial charge in [0.25, 0.3) is 0 Å². The van der Waals surface area contributed by atoms with Crippen molar-refractivity contribution in [2.45, 2.75) is 31.0 Å². The number of carbonyl (C=O) groups is 1. The van der Waals surface area contributed by atoms with Gasteiger partial charge in [-0.1, -0.05) is 36.7 Å². The minimum absolute atomic E-state index is 0.0421. The number of aromatic nitrogens is 2. The van der Waals surface area contributed by atoms with E-state index in [4.69, 9.17) is 16.3 Å². The van der Waals surface area contributed by atoms with Gasteiger partial charge in [-0.3, -0.25) is 4.79 Å². The number of nitrogens with zero attached hydrogens (tertiary/aromatic N) is 1. The van der Waals surface area contributed by atoms with Crippen LogP contribution in [-0.4, -0.2) is 24.4 Å². The van der Waals surface area contributed by atoms with E-state index in [1.807, 2.05) is 13.0 Å². The molecular weight excluding hydrogens is 468 g/mol. The molecule has 0 saturated heterocycles. The van der Waals surface area contributed by atoms with E-state index in [2.05, 4.69) is 16.5 Å². The summed E-state index contributed by atoms with van der Waals surface area (Å²) < 4.78 is 34.0. The van der Waals surface area contributed by atoms with Gasteiger partial charge >= 0.3 is 5.97 Å². The number of sulfone groups is 1. The molecule has 0 fully saturated rings. The topological polar surface area (TPSA) is 89.1 Å². The lowest BCUT2D eigenvalue weighted by Crippen LogP contribution is -2.24. The highest BCUT2D eigenvalue weighted by atomic mass is 35.5. The third-order valence-electron chi connectivity index (χ3n) is 5.11. The van der Waals surface area contributed by atoms with Gasteiger partial charge in [-0.25, -0.2) is 13.4 Å². The van der Waals surface area contributed by atoms with Gasteiger partial charge in [0.2, 0.25) is 15.3 Å². The molecule has 4 rings (SSSR count). The molecule has 0 saturated carbocycles. The number of esters is 1. The molecular formula is C23H21ClN2O4S2. The lowest BCUT2D eigenvalue weighted by atomic mass is 10.1. The van der Waals surface area contributed by atoms with Gasteiger partial charge in [0.15, 0.2) is 0 Å². The standard InChI is InChI=1S/C23H21ClN2O4S2/c1-4-20(16-7-6-8-18-22(16)31-13(3)25-18)32(28,29)23(30-21(27)5-2)19-12-14-11-15(24)9-10-17(14)26-19/h4,6-12,20,23,26H,1,5H2,2-3H3. The van der Waals surface area contributed by atoms with Crippen LogP contribution in [0.4, 0.5) is 0 Å². The maximum absolute atomic E-state index is 13.9. The number of rotatable bonds is 7. The Labute approximate surface area is 194 Å². The van der Waals surface area contributed by atoms with E-state index in [0.29, 0.717) is 16.1 Å². The molecule has 2 atom stereocenters. The first kappa shape index (κ1) is 22.5. The fraction of sp³-hybridized carbons (Fsp3) is 0.217. The Hall–Kier alpha value is -2.68. The van der Waals surface area contributed by atoms with Crippen LogP contribution in [0, 0.1) is 6.92 Å². The number of hydrogen-bond acceptors (Lipinski definition) is 6. The molecule has 6 nitrogen and oxygen atoms in total. The number of ether oxygens (including phenoxy) is 1. The van der Waals surface area contributed by atoms with E-state index in [1.165, 1.54) is 17.4 Å². The van der Waals surface area contributed by atoms with Crippen LogP contribution in [0.15, 0.2) is 55.1 Å². The van der Waals surface area contributed by atoms with Crippen molar-refractivity contribution in [2.75, 3.05) is 0 Å². The second kappa shape index (κ2) is 8.69. The van der Waals surface area contributed by atoms with Crippen LogP contribution in [0.1, 0.15) is 40.3 Å². The number of nitrogens with one attached hydrogen (secondary N) is 1. The third-order valence-corrected chi connectivity index (χ3v) is 8.48. The average Bonchev–Trinajstić information content (AvgIpc) is 3.34. The van der Waals surface area contributed by atoms with E-state index in [9.17, 15) is 13.2 Å². The number of aryl methyl sites for hydroxylation is 1. The van der Waals surface area contributed by atoms with Gasteiger partial charge in [0.1, 0.15) is 5.25 Å². The van der Waals surface area contributed by atoms with Crippen molar-refractivity contribution >= 4 is 59.9 Å². The fourth-order valence-corrected chi connectivity index (χ4v) is 6.67. The van der Waals surface area contributed by atoms with Gasteiger partial charge in [-0.2, -0.15) is 0 Å². The summed E-state index contributed by atoms with van der Waals surface area (Å²) in [5.74, 6) is -0.620. The van der Waals surface area contributed by atoms with E-state index in [-0.39, 0.29) is 12.1 Å². The zero-order valence-corrected chi connectivity index (χ0v) is 19.9. The molecule has 2 aromatic heterocycles. The van der Waals surface area contributed by atoms with E-state index in [1.54, 1.807) is 43.3 Å². The zero-order chi connectivity index (χ0) is 23.0. The van der Waals surface area contributed by atoms with Crippen molar-refractivity contribution < 1.29 is 17.9 Å². The molecule has 0 radical (unpaired) electrons. The summed E-state index contributed by atoms with van der Waals surface area (Å²) in [4.78, 5) is 19.7. The van der Waals surface area contributed by atoms with Crippen LogP contribution < -0.4 is 0 Å². The van der Waals surface area contributed by atoms with Crippen molar-refractivity contribution in [1.29, 1.82) is 0 Å². The summed E-state index contributed by atoms with van der Waals surface area (Å²) >= 11 is 7.50. The van der Waals surface area contributed by atoms with Crippen molar-refractivity contribution in [3.05, 3.63) is 76.4 Å². The highest BCUT2D eigenvalue weighted by Gasteiger charge is 2.39. The SMILES string of the molecule is C=CC(c1cccc2nc(C)sc12)S(=O)(=O)C(OC(=O)CC)c1cc2cc(Cl)ccc2[nH]1. The van der Waals surface area contributed by atoms with Crippen molar-refractivity contribution in [3.8, 4) is 0 Å². The normalized spacial score (nSPS) is 13.8. The first-order chi connectivity index (χ1) is 15.2. The number of hydrogen-bond donors (Lipinski definition) is 1. The van der Waals surface area contributed by atoms with Gasteiger partial charge in [0, 0.05) is 22.3 Å². The molecule has 2 aromatic carbocycles. The second-order valence-electron chi connectivity index (χ2n) is 7.31. The number of aromatic amines is 1. The first-order valence-electron chi connectivity index (χ1n) is 9.93. The summed E-state index contributed by atoms with van der Waals surface area (Å²) in [7, 11) is -4.11. The summed E-state index contributed by atoms with van der Waals surface area (Å²) in [6.45, 7) is 7.27. The van der Waals surface area contributed by atoms with Crippen LogP contribution in [-0.2, 0) is 19.4 Å². The molecule has 1 N–H and O–H groups in total. The molecule has 2 unspecified atom stereocenters. The molecule has 166 valence electrons. The van der Waals surface area contributed by atoms with Crippen LogP contribution in [0.3, 0.4) is 0 Å². The molecule has 4 aromatic rings. The molecule has 0 bridgehead atoms. The smallest absolute Gasteiger partial charge is 0.307 e. The van der Waals surface area contributed by atoms with Gasteiger partial charge < -0.3 is 9.72 Å². The van der Waals surface area contributed by atoms with Gasteiger partial charge in [-0.05, 0) is 42.8 Å². The van der Waals surface area contributed by atoms with Crippen LogP contribution >= 0.6 is 22.9 Å². The highest BCUT2D eigenvalue weighted by molar-refractivity contribution is 7.92. The first-order valence-corrected chi connectivity index (χ1v) is 12.7. The Kier molecular flexibility index (Phi) is 6.11. The highest BCUT2D eigenvalue weighted by Crippen LogP contribution is 2.40. The predicted molar refractivity (Wildman–Crippen MR) is 129 cm³/mol. The Balaban J connectivity index is 1.87. The minimum Gasteiger partial charge on any atom is -0.439 e. The van der Waals surface area contributed by atoms with Crippen LogP contribution in [0.2, 0.25) is 5.02 Å². The summed E-state index contributed by atoms with van der Waals surface area (Å²) in [5.41, 5.74) is 0.679. The number of halogens is 1. The largest absolute Gasteiger partial charge is 0.439 e. The quantitative estimate of drug-likeness (QED) is 0.253. The molecule has 0 amide bonds. The molecule has 2 heterocycles. The second-order valence-corrected chi connectivity index (χ2v) is 11.1. The number of thiazole rings is 1. The average molecular weight is 489 g/mol. The fourth-order valence-electron chi connectivity index (χ4n) is 3.64. The Morgan fingerprint density at radius 1 is 1.31 bits per heavy atom. The van der Waals surface area contributed by atoms with Crippen molar-refractivity contribution in [3.63, 3.8) is 0 Å². The minimum atomic E-state index is -4.11.